The molecule has 2 aromatic rings. The van der Waals surface area contributed by atoms with E-state index in [2.05, 4.69) is 5.32 Å². The Morgan fingerprint density at radius 3 is 2.60 bits per heavy atom. The van der Waals surface area contributed by atoms with Crippen LogP contribution in [0.5, 0.6) is 5.75 Å². The molecule has 0 spiro atoms. The highest BCUT2D eigenvalue weighted by Gasteiger charge is 2.25. The number of aryl methyl sites for hydroxylation is 1. The number of rotatable bonds is 6. The van der Waals surface area contributed by atoms with Crippen molar-refractivity contribution in [2.45, 2.75) is 52.5 Å². The van der Waals surface area contributed by atoms with Gasteiger partial charge in [0, 0.05) is 48.5 Å². The van der Waals surface area contributed by atoms with E-state index in [-0.39, 0.29) is 30.2 Å². The number of hydrogen-bond acceptors (Lipinski definition) is 5. The molecular weight excluding hydrogens is 384 g/mol. The Morgan fingerprint density at radius 2 is 1.97 bits per heavy atom. The summed E-state index contributed by atoms with van der Waals surface area (Å²) in [5, 5.41) is 3.88. The van der Waals surface area contributed by atoms with Crippen molar-refractivity contribution in [2.75, 3.05) is 20.2 Å². The standard InChI is InChI=1S/C23H30N2O5/c1-14(2)22(27)25-11-9-16(10-12-25)24-21(26)8-7-19-15(3)18-6-5-17(29-4)13-20(18)30-23(19)28/h5-6,13-14,16H,7-12H2,1-4H3,(H,24,26). The monoisotopic (exact) mass is 414 g/mol. The summed E-state index contributed by atoms with van der Waals surface area (Å²) in [4.78, 5) is 38.8. The summed E-state index contributed by atoms with van der Waals surface area (Å²) in [5.41, 5.74) is 1.42. The van der Waals surface area contributed by atoms with Gasteiger partial charge in [-0.05, 0) is 43.9 Å². The lowest BCUT2D eigenvalue weighted by Crippen LogP contribution is -2.47. The molecule has 1 aliphatic rings. The average Bonchev–Trinajstić information content (AvgIpc) is 2.73. The number of fused-ring (bicyclic) bond motifs is 1. The first-order chi connectivity index (χ1) is 14.3. The molecule has 1 aromatic heterocycles. The third kappa shape index (κ3) is 4.83. The smallest absolute Gasteiger partial charge is 0.339 e. The van der Waals surface area contributed by atoms with Gasteiger partial charge in [0.1, 0.15) is 11.3 Å². The molecule has 1 N–H and O–H groups in total. The number of hydrogen-bond donors (Lipinski definition) is 1. The molecule has 1 fully saturated rings. The number of likely N-dealkylation sites (tertiary alicyclic amines) is 1. The number of nitrogens with zero attached hydrogens (tertiary/aromatic N) is 1. The molecule has 0 bridgehead atoms. The van der Waals surface area contributed by atoms with Crippen LogP contribution in [0.4, 0.5) is 0 Å². The third-order valence-electron chi connectivity index (χ3n) is 5.76. The Kier molecular flexibility index (Phi) is 6.80. The van der Waals surface area contributed by atoms with Gasteiger partial charge in [0.2, 0.25) is 11.8 Å². The van der Waals surface area contributed by atoms with Crippen molar-refractivity contribution in [3.05, 3.63) is 39.7 Å². The predicted octanol–water partition coefficient (Wildman–Crippen LogP) is 2.81. The number of methoxy groups -OCH3 is 1. The van der Waals surface area contributed by atoms with Crippen LogP contribution < -0.4 is 15.7 Å². The Morgan fingerprint density at radius 1 is 1.27 bits per heavy atom. The second kappa shape index (κ2) is 9.32. The largest absolute Gasteiger partial charge is 0.497 e. The molecule has 3 rings (SSSR count). The summed E-state index contributed by atoms with van der Waals surface area (Å²) in [6, 6.07) is 5.44. The Bertz CT molecular complexity index is 987. The van der Waals surface area contributed by atoms with E-state index in [1.54, 1.807) is 13.2 Å². The lowest BCUT2D eigenvalue weighted by atomic mass is 10.0. The highest BCUT2D eigenvalue weighted by Crippen LogP contribution is 2.24. The lowest BCUT2D eigenvalue weighted by molar-refractivity contribution is -0.135. The highest BCUT2D eigenvalue weighted by molar-refractivity contribution is 5.83. The number of benzene rings is 1. The molecule has 0 aliphatic carbocycles. The zero-order chi connectivity index (χ0) is 21.8. The van der Waals surface area contributed by atoms with Crippen molar-refractivity contribution in [1.29, 1.82) is 0 Å². The van der Waals surface area contributed by atoms with E-state index < -0.39 is 5.63 Å². The van der Waals surface area contributed by atoms with Crippen LogP contribution in [0.15, 0.2) is 27.4 Å². The molecule has 30 heavy (non-hydrogen) atoms. The summed E-state index contributed by atoms with van der Waals surface area (Å²) in [7, 11) is 1.56. The Balaban J connectivity index is 1.58. The van der Waals surface area contributed by atoms with Gasteiger partial charge in [0.25, 0.3) is 0 Å². The average molecular weight is 415 g/mol. The fraction of sp³-hybridized carbons (Fsp3) is 0.522. The van der Waals surface area contributed by atoms with E-state index in [4.69, 9.17) is 9.15 Å². The molecule has 2 heterocycles. The van der Waals surface area contributed by atoms with Crippen LogP contribution in [0.2, 0.25) is 0 Å². The van der Waals surface area contributed by atoms with Crippen LogP contribution >= 0.6 is 0 Å². The molecule has 0 atom stereocenters. The second-order valence-corrected chi connectivity index (χ2v) is 8.18. The lowest BCUT2D eigenvalue weighted by Gasteiger charge is -2.33. The maximum absolute atomic E-state index is 12.4. The number of ether oxygens (including phenoxy) is 1. The quantitative estimate of drug-likeness (QED) is 0.735. The van der Waals surface area contributed by atoms with Crippen LogP contribution in [0.3, 0.4) is 0 Å². The number of carbonyl (C=O) groups is 2. The van der Waals surface area contributed by atoms with E-state index in [1.165, 1.54) is 0 Å². The minimum absolute atomic E-state index is 0.00544. The molecular formula is C23H30N2O5. The molecule has 162 valence electrons. The first-order valence-corrected chi connectivity index (χ1v) is 10.5. The summed E-state index contributed by atoms with van der Waals surface area (Å²) >= 11 is 0. The van der Waals surface area contributed by atoms with Crippen molar-refractivity contribution in [2.24, 2.45) is 5.92 Å². The van der Waals surface area contributed by atoms with Gasteiger partial charge in [-0.2, -0.15) is 0 Å². The Labute approximate surface area is 176 Å². The van der Waals surface area contributed by atoms with Crippen LogP contribution in [-0.2, 0) is 16.0 Å². The van der Waals surface area contributed by atoms with Crippen LogP contribution in [0.25, 0.3) is 11.0 Å². The molecule has 1 saturated heterocycles. The fourth-order valence-electron chi connectivity index (χ4n) is 3.94. The van der Waals surface area contributed by atoms with Gasteiger partial charge in [0.15, 0.2) is 0 Å². The van der Waals surface area contributed by atoms with Crippen molar-refractivity contribution in [1.82, 2.24) is 10.2 Å². The van der Waals surface area contributed by atoms with Crippen molar-refractivity contribution in [3.63, 3.8) is 0 Å². The zero-order valence-corrected chi connectivity index (χ0v) is 18.1. The van der Waals surface area contributed by atoms with E-state index >= 15 is 0 Å². The van der Waals surface area contributed by atoms with Crippen molar-refractivity contribution >= 4 is 22.8 Å². The molecule has 1 aliphatic heterocycles. The summed E-state index contributed by atoms with van der Waals surface area (Å²) in [6.45, 7) is 7.01. The van der Waals surface area contributed by atoms with Gasteiger partial charge in [-0.15, -0.1) is 0 Å². The number of piperidine rings is 1. The van der Waals surface area contributed by atoms with Crippen molar-refractivity contribution < 1.29 is 18.7 Å². The number of nitrogens with one attached hydrogen (secondary N) is 1. The molecule has 0 radical (unpaired) electrons. The first-order valence-electron chi connectivity index (χ1n) is 10.5. The molecule has 0 unspecified atom stereocenters. The van der Waals surface area contributed by atoms with Crippen LogP contribution in [-0.4, -0.2) is 43.0 Å². The molecule has 7 nitrogen and oxygen atoms in total. The maximum atomic E-state index is 12.4. The van der Waals surface area contributed by atoms with Gasteiger partial charge in [-0.3, -0.25) is 9.59 Å². The third-order valence-corrected chi connectivity index (χ3v) is 5.76. The van der Waals surface area contributed by atoms with Gasteiger partial charge < -0.3 is 19.4 Å². The minimum Gasteiger partial charge on any atom is -0.497 e. The predicted molar refractivity (Wildman–Crippen MR) is 115 cm³/mol. The molecule has 7 heteroatoms. The maximum Gasteiger partial charge on any atom is 0.339 e. The van der Waals surface area contributed by atoms with E-state index in [9.17, 15) is 14.4 Å². The molecule has 2 amide bonds. The summed E-state index contributed by atoms with van der Waals surface area (Å²) in [6.07, 6.45) is 2.05. The minimum atomic E-state index is -0.415. The second-order valence-electron chi connectivity index (χ2n) is 8.18. The van der Waals surface area contributed by atoms with E-state index in [0.29, 0.717) is 36.4 Å². The van der Waals surface area contributed by atoms with Gasteiger partial charge in [-0.25, -0.2) is 4.79 Å². The molecule has 1 aromatic carbocycles. The highest BCUT2D eigenvalue weighted by atomic mass is 16.5. The number of amides is 2. The summed E-state index contributed by atoms with van der Waals surface area (Å²) in [5.74, 6) is 0.695. The first kappa shape index (κ1) is 21.9. The SMILES string of the molecule is COc1ccc2c(C)c(CCC(=O)NC3CCN(C(=O)C(C)C)CC3)c(=O)oc2c1. The van der Waals surface area contributed by atoms with E-state index in [1.807, 2.05) is 37.8 Å². The van der Waals surface area contributed by atoms with Crippen LogP contribution in [0, 0.1) is 12.8 Å². The van der Waals surface area contributed by atoms with Gasteiger partial charge in [0.05, 0.1) is 7.11 Å². The summed E-state index contributed by atoms with van der Waals surface area (Å²) < 4.78 is 10.6. The Hall–Kier alpha value is -2.83. The zero-order valence-electron chi connectivity index (χ0n) is 18.1. The normalized spacial score (nSPS) is 14.9. The van der Waals surface area contributed by atoms with Crippen molar-refractivity contribution in [3.8, 4) is 5.75 Å². The molecule has 0 saturated carbocycles. The van der Waals surface area contributed by atoms with Gasteiger partial charge >= 0.3 is 5.63 Å². The topological polar surface area (TPSA) is 88.9 Å². The fourth-order valence-corrected chi connectivity index (χ4v) is 3.94. The van der Waals surface area contributed by atoms with E-state index in [0.717, 1.165) is 23.8 Å². The van der Waals surface area contributed by atoms with Crippen LogP contribution in [0.1, 0.15) is 44.2 Å². The number of carbonyl (C=O) groups excluding carboxylic acids is 2. The van der Waals surface area contributed by atoms with Gasteiger partial charge in [-0.1, -0.05) is 13.8 Å².